The van der Waals surface area contributed by atoms with Crippen molar-refractivity contribution in [2.45, 2.75) is 12.3 Å². The SMILES string of the molecule is CNCC1CC1c1ncc(I)s1. The van der Waals surface area contributed by atoms with Crippen molar-refractivity contribution in [1.82, 2.24) is 10.3 Å². The van der Waals surface area contributed by atoms with Crippen LogP contribution in [0.25, 0.3) is 0 Å². The molecule has 1 saturated carbocycles. The van der Waals surface area contributed by atoms with E-state index in [1.54, 1.807) is 0 Å². The molecular weight excluding hydrogens is 283 g/mol. The van der Waals surface area contributed by atoms with Gasteiger partial charge in [-0.25, -0.2) is 4.98 Å². The minimum absolute atomic E-state index is 0.756. The van der Waals surface area contributed by atoms with Gasteiger partial charge < -0.3 is 5.32 Å². The fourth-order valence-electron chi connectivity index (χ4n) is 1.48. The Morgan fingerprint density at radius 3 is 3.25 bits per heavy atom. The second kappa shape index (κ2) is 3.59. The molecule has 0 aliphatic heterocycles. The van der Waals surface area contributed by atoms with E-state index in [4.69, 9.17) is 0 Å². The Morgan fingerprint density at radius 1 is 1.83 bits per heavy atom. The van der Waals surface area contributed by atoms with E-state index in [0.717, 1.165) is 18.4 Å². The number of nitrogens with one attached hydrogen (secondary N) is 1. The third-order valence-corrected chi connectivity index (χ3v) is 4.06. The van der Waals surface area contributed by atoms with Crippen LogP contribution in [0.15, 0.2) is 6.20 Å². The third kappa shape index (κ3) is 1.80. The lowest BCUT2D eigenvalue weighted by molar-refractivity contribution is 0.697. The zero-order valence-electron chi connectivity index (χ0n) is 6.88. The summed E-state index contributed by atoms with van der Waals surface area (Å²) in [5.41, 5.74) is 0. The molecule has 4 heteroatoms. The highest BCUT2D eigenvalue weighted by molar-refractivity contribution is 14.1. The number of hydrogen-bond acceptors (Lipinski definition) is 3. The van der Waals surface area contributed by atoms with Gasteiger partial charge in [0.25, 0.3) is 0 Å². The molecule has 0 amide bonds. The number of nitrogens with zero attached hydrogens (tertiary/aromatic N) is 1. The van der Waals surface area contributed by atoms with Crippen molar-refractivity contribution in [2.75, 3.05) is 13.6 Å². The first-order valence-corrected chi connectivity index (χ1v) is 5.96. The Morgan fingerprint density at radius 2 is 2.67 bits per heavy atom. The first-order valence-electron chi connectivity index (χ1n) is 4.07. The van der Waals surface area contributed by atoms with Crippen LogP contribution in [0.4, 0.5) is 0 Å². The lowest BCUT2D eigenvalue weighted by Gasteiger charge is -1.93. The highest BCUT2D eigenvalue weighted by atomic mass is 127. The van der Waals surface area contributed by atoms with Crippen LogP contribution in [0.3, 0.4) is 0 Å². The van der Waals surface area contributed by atoms with E-state index in [-0.39, 0.29) is 0 Å². The molecule has 2 unspecified atom stereocenters. The van der Waals surface area contributed by atoms with Gasteiger partial charge >= 0.3 is 0 Å². The van der Waals surface area contributed by atoms with Gasteiger partial charge in [0, 0.05) is 5.92 Å². The lowest BCUT2D eigenvalue weighted by atomic mass is 10.3. The molecule has 2 atom stereocenters. The van der Waals surface area contributed by atoms with Gasteiger partial charge in [-0.3, -0.25) is 0 Å². The number of thiazole rings is 1. The van der Waals surface area contributed by atoms with E-state index in [1.807, 2.05) is 24.6 Å². The van der Waals surface area contributed by atoms with Crippen LogP contribution in [0.5, 0.6) is 0 Å². The van der Waals surface area contributed by atoms with Gasteiger partial charge in [0.05, 0.1) is 14.1 Å². The maximum Gasteiger partial charge on any atom is 0.0970 e. The number of aromatic nitrogens is 1. The first kappa shape index (κ1) is 8.90. The molecule has 0 aromatic carbocycles. The highest BCUT2D eigenvalue weighted by Gasteiger charge is 2.39. The van der Waals surface area contributed by atoms with Gasteiger partial charge in [0.1, 0.15) is 0 Å². The van der Waals surface area contributed by atoms with E-state index in [9.17, 15) is 0 Å². The average Bonchev–Trinajstić information content (AvgIpc) is 2.67. The number of rotatable bonds is 3. The Balaban J connectivity index is 1.96. The highest BCUT2D eigenvalue weighted by Crippen LogP contribution is 2.48. The minimum atomic E-state index is 0.756. The van der Waals surface area contributed by atoms with E-state index in [2.05, 4.69) is 32.9 Å². The lowest BCUT2D eigenvalue weighted by Crippen LogP contribution is -2.10. The van der Waals surface area contributed by atoms with Crippen LogP contribution in [-0.2, 0) is 0 Å². The number of hydrogen-bond donors (Lipinski definition) is 1. The van der Waals surface area contributed by atoms with Crippen LogP contribution in [-0.4, -0.2) is 18.6 Å². The maximum absolute atomic E-state index is 4.39. The second-order valence-electron chi connectivity index (χ2n) is 3.16. The fraction of sp³-hybridized carbons (Fsp3) is 0.625. The molecule has 0 bridgehead atoms. The quantitative estimate of drug-likeness (QED) is 0.863. The summed E-state index contributed by atoms with van der Waals surface area (Å²) in [7, 11) is 2.01. The van der Waals surface area contributed by atoms with Gasteiger partial charge in [-0.2, -0.15) is 0 Å². The molecule has 1 aromatic heterocycles. The van der Waals surface area contributed by atoms with Crippen molar-refractivity contribution in [2.24, 2.45) is 5.92 Å². The summed E-state index contributed by atoms with van der Waals surface area (Å²) in [6.45, 7) is 1.14. The van der Waals surface area contributed by atoms with Crippen LogP contribution in [0.2, 0.25) is 0 Å². The van der Waals surface area contributed by atoms with Crippen molar-refractivity contribution >= 4 is 33.9 Å². The smallest absolute Gasteiger partial charge is 0.0970 e. The third-order valence-electron chi connectivity index (χ3n) is 2.20. The molecule has 12 heavy (non-hydrogen) atoms. The predicted octanol–water partition coefficient (Wildman–Crippen LogP) is 2.07. The van der Waals surface area contributed by atoms with E-state index in [1.165, 1.54) is 14.3 Å². The van der Waals surface area contributed by atoms with Gasteiger partial charge in [0.15, 0.2) is 0 Å². The molecule has 1 fully saturated rings. The maximum atomic E-state index is 4.39. The Bertz CT molecular complexity index is 274. The van der Waals surface area contributed by atoms with Crippen molar-refractivity contribution < 1.29 is 0 Å². The molecule has 2 nitrogen and oxygen atoms in total. The van der Waals surface area contributed by atoms with Gasteiger partial charge in [-0.15, -0.1) is 11.3 Å². The molecule has 1 aliphatic carbocycles. The monoisotopic (exact) mass is 294 g/mol. The molecule has 0 saturated heterocycles. The van der Waals surface area contributed by atoms with Gasteiger partial charge in [-0.1, -0.05) is 0 Å². The first-order chi connectivity index (χ1) is 5.81. The van der Waals surface area contributed by atoms with Crippen molar-refractivity contribution in [3.8, 4) is 0 Å². The normalized spacial score (nSPS) is 27.5. The van der Waals surface area contributed by atoms with Crippen LogP contribution >= 0.6 is 33.9 Å². The molecule has 1 heterocycles. The fourth-order valence-corrected chi connectivity index (χ4v) is 3.14. The Labute approximate surface area is 89.9 Å². The summed E-state index contributed by atoms with van der Waals surface area (Å²) < 4.78 is 1.30. The van der Waals surface area contributed by atoms with Gasteiger partial charge in [-0.05, 0) is 48.5 Å². The van der Waals surface area contributed by atoms with Crippen LogP contribution in [0, 0.1) is 8.80 Å². The molecule has 0 spiro atoms. The van der Waals surface area contributed by atoms with Crippen molar-refractivity contribution in [1.29, 1.82) is 0 Å². The minimum Gasteiger partial charge on any atom is -0.319 e. The second-order valence-corrected chi connectivity index (χ2v) is 6.12. The van der Waals surface area contributed by atoms with Crippen LogP contribution < -0.4 is 5.32 Å². The largest absolute Gasteiger partial charge is 0.319 e. The van der Waals surface area contributed by atoms with E-state index in [0.29, 0.717) is 0 Å². The zero-order valence-corrected chi connectivity index (χ0v) is 9.85. The molecule has 1 aliphatic rings. The van der Waals surface area contributed by atoms with Crippen LogP contribution in [0.1, 0.15) is 17.3 Å². The van der Waals surface area contributed by atoms with E-state index < -0.39 is 0 Å². The van der Waals surface area contributed by atoms with E-state index >= 15 is 0 Å². The predicted molar refractivity (Wildman–Crippen MR) is 59.6 cm³/mol. The molecule has 2 rings (SSSR count). The standard InChI is InChI=1S/C8H11IN2S/c1-10-3-5-2-6(5)8-11-4-7(9)12-8/h4-6,10H,2-3H2,1H3. The summed E-state index contributed by atoms with van der Waals surface area (Å²) in [5.74, 6) is 1.60. The van der Waals surface area contributed by atoms with Crippen molar-refractivity contribution in [3.63, 3.8) is 0 Å². The average molecular weight is 294 g/mol. The zero-order chi connectivity index (χ0) is 8.55. The van der Waals surface area contributed by atoms with Crippen molar-refractivity contribution in [3.05, 3.63) is 14.1 Å². The summed E-state index contributed by atoms with van der Waals surface area (Å²) in [6.07, 6.45) is 3.29. The number of halogens is 1. The van der Waals surface area contributed by atoms with Gasteiger partial charge in [0.2, 0.25) is 0 Å². The molecule has 1 N–H and O–H groups in total. The Kier molecular flexibility index (Phi) is 2.66. The molecular formula is C8H11IN2S. The topological polar surface area (TPSA) is 24.9 Å². The summed E-state index contributed by atoms with van der Waals surface area (Å²) >= 11 is 4.17. The summed E-state index contributed by atoms with van der Waals surface area (Å²) in [5, 5.41) is 4.54. The summed E-state index contributed by atoms with van der Waals surface area (Å²) in [6, 6.07) is 0. The summed E-state index contributed by atoms with van der Waals surface area (Å²) in [4.78, 5) is 4.39. The molecule has 66 valence electrons. The Hall–Kier alpha value is 0.320. The molecule has 0 radical (unpaired) electrons. The molecule has 1 aromatic rings.